The normalized spacial score (nSPS) is 18.1. The Morgan fingerprint density at radius 2 is 2.23 bits per heavy atom. The van der Waals surface area contributed by atoms with Crippen LogP contribution in [0.25, 0.3) is 11.3 Å². The number of benzene rings is 1. The summed E-state index contributed by atoms with van der Waals surface area (Å²) in [6, 6.07) is 7.60. The number of aryl methyl sites for hydroxylation is 1. The third-order valence-corrected chi connectivity index (χ3v) is 3.50. The molecule has 1 unspecified atom stereocenters. The van der Waals surface area contributed by atoms with Crippen molar-refractivity contribution in [1.29, 1.82) is 0 Å². The first-order valence-electron chi connectivity index (χ1n) is 7.34. The van der Waals surface area contributed by atoms with Crippen LogP contribution >= 0.6 is 0 Å². The zero-order valence-corrected chi connectivity index (χ0v) is 12.5. The summed E-state index contributed by atoms with van der Waals surface area (Å²) in [5, 5.41) is 6.16. The minimum atomic E-state index is -0.0220. The van der Waals surface area contributed by atoms with E-state index >= 15 is 0 Å². The van der Waals surface area contributed by atoms with Gasteiger partial charge in [-0.1, -0.05) is 0 Å². The maximum atomic E-state index is 12.0. The monoisotopic (exact) mass is 301 g/mol. The molecule has 1 aromatic heterocycles. The van der Waals surface area contributed by atoms with Crippen LogP contribution in [0.4, 0.5) is 5.69 Å². The smallest absolute Gasteiger partial charge is 0.226 e. The second kappa shape index (κ2) is 6.72. The number of hydrogen-bond acceptors (Lipinski definition) is 5. The number of rotatable bonds is 4. The number of carbonyl (C=O) groups is 1. The van der Waals surface area contributed by atoms with Gasteiger partial charge in [-0.25, -0.2) is 4.98 Å². The number of hydrogen-bond donors (Lipinski definition) is 2. The summed E-state index contributed by atoms with van der Waals surface area (Å²) in [6.07, 6.45) is 2.10. The second-order valence-electron chi connectivity index (χ2n) is 5.30. The van der Waals surface area contributed by atoms with Gasteiger partial charge >= 0.3 is 0 Å². The predicted octanol–water partition coefficient (Wildman–Crippen LogP) is 1.97. The zero-order chi connectivity index (χ0) is 15.4. The Kier molecular flexibility index (Phi) is 4.50. The highest BCUT2D eigenvalue weighted by Gasteiger charge is 2.16. The van der Waals surface area contributed by atoms with E-state index in [1.165, 1.54) is 0 Å². The minimum absolute atomic E-state index is 0.0220. The number of carbonyl (C=O) groups excluding carboxylic acids is 1. The van der Waals surface area contributed by atoms with Crippen LogP contribution in [0.3, 0.4) is 0 Å². The van der Waals surface area contributed by atoms with Crippen molar-refractivity contribution in [3.8, 4) is 11.3 Å². The van der Waals surface area contributed by atoms with Crippen molar-refractivity contribution in [1.82, 2.24) is 10.3 Å². The van der Waals surface area contributed by atoms with E-state index in [4.69, 9.17) is 9.15 Å². The molecule has 0 saturated carbocycles. The number of aromatic nitrogens is 1. The Balaban J connectivity index is 1.57. The maximum absolute atomic E-state index is 12.0. The van der Waals surface area contributed by atoms with Crippen molar-refractivity contribution in [3.63, 3.8) is 0 Å². The highest BCUT2D eigenvalue weighted by molar-refractivity contribution is 5.91. The first kappa shape index (κ1) is 14.7. The lowest BCUT2D eigenvalue weighted by molar-refractivity contribution is -0.117. The molecule has 1 aliphatic heterocycles. The fourth-order valence-electron chi connectivity index (χ4n) is 2.40. The molecule has 2 heterocycles. The molecule has 0 bridgehead atoms. The standard InChI is InChI=1S/C16H19N3O3/c1-11-18-9-15(22-11)12-2-4-13(5-3-12)19-16(20)8-14-10-21-7-6-17-14/h2-5,9,14,17H,6-8,10H2,1H3,(H,19,20). The average molecular weight is 301 g/mol. The molecule has 116 valence electrons. The summed E-state index contributed by atoms with van der Waals surface area (Å²) in [4.78, 5) is 16.1. The summed E-state index contributed by atoms with van der Waals surface area (Å²) < 4.78 is 10.8. The lowest BCUT2D eigenvalue weighted by Gasteiger charge is -2.23. The topological polar surface area (TPSA) is 76.4 Å². The Hall–Kier alpha value is -2.18. The van der Waals surface area contributed by atoms with Crippen LogP contribution in [0.1, 0.15) is 12.3 Å². The molecule has 2 N–H and O–H groups in total. The van der Waals surface area contributed by atoms with E-state index in [1.807, 2.05) is 24.3 Å². The van der Waals surface area contributed by atoms with Gasteiger partial charge < -0.3 is 19.8 Å². The fourth-order valence-corrected chi connectivity index (χ4v) is 2.40. The van der Waals surface area contributed by atoms with Gasteiger partial charge in [0.25, 0.3) is 0 Å². The van der Waals surface area contributed by atoms with E-state index in [1.54, 1.807) is 13.1 Å². The molecule has 0 aliphatic carbocycles. The Bertz CT molecular complexity index is 630. The third-order valence-electron chi connectivity index (χ3n) is 3.50. The highest BCUT2D eigenvalue weighted by atomic mass is 16.5. The number of amides is 1. The Morgan fingerprint density at radius 1 is 1.41 bits per heavy atom. The van der Waals surface area contributed by atoms with Gasteiger partial charge in [-0.15, -0.1) is 0 Å². The number of nitrogens with one attached hydrogen (secondary N) is 2. The molecular weight excluding hydrogens is 282 g/mol. The summed E-state index contributed by atoms with van der Waals surface area (Å²) in [7, 11) is 0. The molecule has 1 saturated heterocycles. The van der Waals surface area contributed by atoms with Crippen LogP contribution in [0, 0.1) is 6.92 Å². The second-order valence-corrected chi connectivity index (χ2v) is 5.30. The number of anilines is 1. The molecule has 1 aliphatic rings. The van der Waals surface area contributed by atoms with Crippen LogP contribution < -0.4 is 10.6 Å². The van der Waals surface area contributed by atoms with E-state index in [9.17, 15) is 4.79 Å². The first-order chi connectivity index (χ1) is 10.7. The predicted molar refractivity (Wildman–Crippen MR) is 82.5 cm³/mol. The van der Waals surface area contributed by atoms with Crippen molar-refractivity contribution < 1.29 is 13.9 Å². The Morgan fingerprint density at radius 3 is 2.86 bits per heavy atom. The number of oxazole rings is 1. The number of morpholine rings is 1. The Labute approximate surface area is 128 Å². The lowest BCUT2D eigenvalue weighted by Crippen LogP contribution is -2.43. The summed E-state index contributed by atoms with van der Waals surface area (Å²) >= 11 is 0. The van der Waals surface area contributed by atoms with E-state index in [-0.39, 0.29) is 11.9 Å². The lowest BCUT2D eigenvalue weighted by atomic mass is 10.1. The van der Waals surface area contributed by atoms with Gasteiger partial charge in [-0.3, -0.25) is 4.79 Å². The van der Waals surface area contributed by atoms with Gasteiger partial charge in [0.15, 0.2) is 11.7 Å². The van der Waals surface area contributed by atoms with Crippen LogP contribution in [-0.2, 0) is 9.53 Å². The molecule has 3 rings (SSSR count). The molecule has 1 atom stereocenters. The van der Waals surface area contributed by atoms with Crippen molar-refractivity contribution in [2.24, 2.45) is 0 Å². The summed E-state index contributed by atoms with van der Waals surface area (Å²) in [5.41, 5.74) is 1.70. The van der Waals surface area contributed by atoms with Crippen LogP contribution in [-0.4, -0.2) is 36.7 Å². The van der Waals surface area contributed by atoms with Crippen molar-refractivity contribution >= 4 is 11.6 Å². The largest absolute Gasteiger partial charge is 0.441 e. The van der Waals surface area contributed by atoms with Gasteiger partial charge in [0.1, 0.15) is 0 Å². The van der Waals surface area contributed by atoms with Gasteiger partial charge in [0.05, 0.1) is 19.4 Å². The summed E-state index contributed by atoms with van der Waals surface area (Å²) in [5.74, 6) is 1.33. The number of ether oxygens (including phenoxy) is 1. The average Bonchev–Trinajstić information content (AvgIpc) is 2.95. The quantitative estimate of drug-likeness (QED) is 0.903. The van der Waals surface area contributed by atoms with E-state index < -0.39 is 0 Å². The summed E-state index contributed by atoms with van der Waals surface area (Å²) in [6.45, 7) is 3.89. The fraction of sp³-hybridized carbons (Fsp3) is 0.375. The van der Waals surface area contributed by atoms with Gasteiger partial charge in [0.2, 0.25) is 5.91 Å². The van der Waals surface area contributed by atoms with Crippen LogP contribution in [0.5, 0.6) is 0 Å². The van der Waals surface area contributed by atoms with E-state index in [0.29, 0.717) is 25.5 Å². The minimum Gasteiger partial charge on any atom is -0.441 e. The number of nitrogens with zero attached hydrogens (tertiary/aromatic N) is 1. The van der Waals surface area contributed by atoms with E-state index in [0.717, 1.165) is 23.6 Å². The highest BCUT2D eigenvalue weighted by Crippen LogP contribution is 2.22. The molecular formula is C16H19N3O3. The maximum Gasteiger partial charge on any atom is 0.226 e. The third kappa shape index (κ3) is 3.72. The molecule has 2 aromatic rings. The molecule has 1 aromatic carbocycles. The molecule has 6 heteroatoms. The van der Waals surface area contributed by atoms with Crippen LogP contribution in [0.15, 0.2) is 34.9 Å². The molecule has 1 fully saturated rings. The molecule has 1 amide bonds. The zero-order valence-electron chi connectivity index (χ0n) is 12.5. The first-order valence-corrected chi connectivity index (χ1v) is 7.34. The van der Waals surface area contributed by atoms with Gasteiger partial charge in [0, 0.05) is 37.2 Å². The SMILES string of the molecule is Cc1ncc(-c2ccc(NC(=O)CC3COCCN3)cc2)o1. The van der Waals surface area contributed by atoms with E-state index in [2.05, 4.69) is 15.6 Å². The molecule has 6 nitrogen and oxygen atoms in total. The van der Waals surface area contributed by atoms with Crippen molar-refractivity contribution in [3.05, 3.63) is 36.4 Å². The molecule has 0 radical (unpaired) electrons. The van der Waals surface area contributed by atoms with Crippen molar-refractivity contribution in [2.45, 2.75) is 19.4 Å². The van der Waals surface area contributed by atoms with Gasteiger partial charge in [-0.05, 0) is 24.3 Å². The van der Waals surface area contributed by atoms with Gasteiger partial charge in [-0.2, -0.15) is 0 Å². The molecule has 0 spiro atoms. The molecule has 22 heavy (non-hydrogen) atoms. The van der Waals surface area contributed by atoms with Crippen LogP contribution in [0.2, 0.25) is 0 Å². The van der Waals surface area contributed by atoms with Crippen molar-refractivity contribution in [2.75, 3.05) is 25.1 Å².